The van der Waals surface area contributed by atoms with E-state index in [0.29, 0.717) is 37.3 Å². The van der Waals surface area contributed by atoms with Crippen LogP contribution in [0.4, 0.5) is 11.4 Å². The van der Waals surface area contributed by atoms with Crippen molar-refractivity contribution in [3.63, 3.8) is 0 Å². The molecule has 6 nitrogen and oxygen atoms in total. The minimum Gasteiger partial charge on any atom is -0.481 e. The number of nitrogens with zero attached hydrogens (tertiary/aromatic N) is 2. The van der Waals surface area contributed by atoms with Crippen molar-refractivity contribution in [3.8, 4) is 9.88 Å². The van der Waals surface area contributed by atoms with Crippen LogP contribution in [0, 0.1) is 5.92 Å². The molecule has 1 amide bonds. The number of hydrogen-bond acceptors (Lipinski definition) is 6. The molecule has 4 rings (SSSR count). The van der Waals surface area contributed by atoms with E-state index >= 15 is 0 Å². The Balaban J connectivity index is 1.48. The number of amides is 1. The number of nitrogens with one attached hydrogen (secondary N) is 1. The molecule has 0 atom stereocenters. The molecular weight excluding hydrogens is 394 g/mol. The Kier molecular flexibility index (Phi) is 5.40. The van der Waals surface area contributed by atoms with Crippen molar-refractivity contribution >= 4 is 45.9 Å². The van der Waals surface area contributed by atoms with Gasteiger partial charge in [0, 0.05) is 18.5 Å². The zero-order chi connectivity index (χ0) is 19.5. The van der Waals surface area contributed by atoms with Gasteiger partial charge >= 0.3 is 5.97 Å². The monoisotopic (exact) mass is 413 g/mol. The van der Waals surface area contributed by atoms with Crippen LogP contribution < -0.4 is 10.2 Å². The van der Waals surface area contributed by atoms with Gasteiger partial charge in [0.2, 0.25) is 0 Å². The molecule has 2 aromatic heterocycles. The third-order valence-corrected chi connectivity index (χ3v) is 6.69. The minimum absolute atomic E-state index is 0.244. The molecule has 28 heavy (non-hydrogen) atoms. The molecule has 3 aromatic rings. The average molecular weight is 414 g/mol. The van der Waals surface area contributed by atoms with Crippen molar-refractivity contribution in [2.45, 2.75) is 12.8 Å². The summed E-state index contributed by atoms with van der Waals surface area (Å²) in [5.41, 5.74) is 2.02. The molecule has 1 aromatic carbocycles. The molecule has 0 spiro atoms. The second-order valence-electron chi connectivity index (χ2n) is 6.59. The molecule has 3 heterocycles. The summed E-state index contributed by atoms with van der Waals surface area (Å²) >= 11 is 3.05. The zero-order valence-electron chi connectivity index (χ0n) is 15.0. The molecule has 0 saturated carbocycles. The highest BCUT2D eigenvalue weighted by Crippen LogP contribution is 2.31. The fraction of sp³-hybridized carbons (Fsp3) is 0.250. The van der Waals surface area contributed by atoms with Gasteiger partial charge in [-0.1, -0.05) is 18.2 Å². The number of anilines is 2. The van der Waals surface area contributed by atoms with Crippen molar-refractivity contribution < 1.29 is 14.7 Å². The first-order chi connectivity index (χ1) is 13.6. The summed E-state index contributed by atoms with van der Waals surface area (Å²) in [6, 6.07) is 11.6. The largest absolute Gasteiger partial charge is 0.481 e. The molecular formula is C20H19N3O3S2. The van der Waals surface area contributed by atoms with E-state index in [1.54, 1.807) is 16.7 Å². The first-order valence-corrected chi connectivity index (χ1v) is 10.8. The summed E-state index contributed by atoms with van der Waals surface area (Å²) < 4.78 is 0. The Morgan fingerprint density at radius 2 is 1.89 bits per heavy atom. The maximum atomic E-state index is 12.7. The molecule has 1 fully saturated rings. The third kappa shape index (κ3) is 3.93. The number of aliphatic carboxylic acids is 1. The van der Waals surface area contributed by atoms with E-state index < -0.39 is 5.97 Å². The van der Waals surface area contributed by atoms with Gasteiger partial charge in [-0.2, -0.15) is 0 Å². The van der Waals surface area contributed by atoms with Gasteiger partial charge in [0.15, 0.2) is 0 Å². The Labute approximate surface area is 170 Å². The minimum atomic E-state index is -0.730. The number of carbonyl (C=O) groups is 2. The standard InChI is InChI=1S/C20H19N3O3S2/c24-18(15-12-28-19(22-15)17-6-3-11-27-17)21-14-4-1-2-5-16(14)23-9-7-13(8-10-23)20(25)26/h1-6,11-13H,7-10H2,(H,21,24)(H,25,26). The van der Waals surface area contributed by atoms with E-state index in [2.05, 4.69) is 15.2 Å². The number of rotatable bonds is 5. The summed E-state index contributed by atoms with van der Waals surface area (Å²) in [5, 5.41) is 16.7. The SMILES string of the molecule is O=C(Nc1ccccc1N1CCC(C(=O)O)CC1)c1csc(-c2cccs2)n1. The molecule has 1 saturated heterocycles. The van der Waals surface area contributed by atoms with Crippen LogP contribution >= 0.6 is 22.7 Å². The average Bonchev–Trinajstić information content (AvgIpc) is 3.40. The van der Waals surface area contributed by atoms with Gasteiger partial charge in [-0.05, 0) is 36.4 Å². The number of carbonyl (C=O) groups excluding carboxylic acids is 1. The number of carboxylic acids is 1. The van der Waals surface area contributed by atoms with Crippen LogP contribution in [0.3, 0.4) is 0 Å². The van der Waals surface area contributed by atoms with Gasteiger partial charge in [-0.15, -0.1) is 22.7 Å². The topological polar surface area (TPSA) is 82.5 Å². The Morgan fingerprint density at radius 1 is 1.11 bits per heavy atom. The lowest BCUT2D eigenvalue weighted by molar-refractivity contribution is -0.142. The Bertz CT molecular complexity index is 976. The maximum absolute atomic E-state index is 12.7. The second-order valence-corrected chi connectivity index (χ2v) is 8.39. The van der Waals surface area contributed by atoms with Crippen LogP contribution in [0.25, 0.3) is 9.88 Å². The van der Waals surface area contributed by atoms with Gasteiger partial charge in [-0.3, -0.25) is 9.59 Å². The van der Waals surface area contributed by atoms with E-state index in [1.807, 2.05) is 41.8 Å². The lowest BCUT2D eigenvalue weighted by Gasteiger charge is -2.33. The molecule has 8 heteroatoms. The summed E-state index contributed by atoms with van der Waals surface area (Å²) in [4.78, 5) is 31.5. The number of hydrogen-bond donors (Lipinski definition) is 2. The fourth-order valence-corrected chi connectivity index (χ4v) is 4.91. The predicted octanol–water partition coefficient (Wildman–Crippen LogP) is 4.42. The quantitative estimate of drug-likeness (QED) is 0.647. The fourth-order valence-electron chi connectivity index (χ4n) is 3.30. The van der Waals surface area contributed by atoms with Gasteiger partial charge in [0.25, 0.3) is 5.91 Å². The summed E-state index contributed by atoms with van der Waals surface area (Å²) in [7, 11) is 0. The lowest BCUT2D eigenvalue weighted by Crippen LogP contribution is -2.36. The third-order valence-electron chi connectivity index (χ3n) is 4.81. The van der Waals surface area contributed by atoms with Gasteiger partial charge in [-0.25, -0.2) is 4.98 Å². The van der Waals surface area contributed by atoms with Gasteiger partial charge in [0.1, 0.15) is 10.7 Å². The molecule has 0 aliphatic carbocycles. The van der Waals surface area contributed by atoms with E-state index in [1.165, 1.54) is 11.3 Å². The molecule has 0 radical (unpaired) electrons. The molecule has 144 valence electrons. The lowest BCUT2D eigenvalue weighted by atomic mass is 9.96. The van der Waals surface area contributed by atoms with Crippen LogP contribution in [0.15, 0.2) is 47.2 Å². The number of para-hydroxylation sites is 2. The molecule has 0 unspecified atom stereocenters. The van der Waals surface area contributed by atoms with Crippen molar-refractivity contribution in [2.75, 3.05) is 23.3 Å². The molecule has 0 bridgehead atoms. The van der Waals surface area contributed by atoms with Crippen molar-refractivity contribution in [2.24, 2.45) is 5.92 Å². The number of thiophene rings is 1. The first-order valence-electron chi connectivity index (χ1n) is 8.99. The number of carboxylic acid groups (broad SMARTS) is 1. The number of benzene rings is 1. The highest BCUT2D eigenvalue weighted by molar-refractivity contribution is 7.20. The maximum Gasteiger partial charge on any atom is 0.306 e. The van der Waals surface area contributed by atoms with Crippen LogP contribution in [0.2, 0.25) is 0 Å². The smallest absolute Gasteiger partial charge is 0.306 e. The van der Waals surface area contributed by atoms with Crippen LogP contribution in [-0.2, 0) is 4.79 Å². The number of piperidine rings is 1. The van der Waals surface area contributed by atoms with Crippen molar-refractivity contribution in [1.82, 2.24) is 4.98 Å². The van der Waals surface area contributed by atoms with Gasteiger partial charge in [0.05, 0.1) is 22.2 Å². The zero-order valence-corrected chi connectivity index (χ0v) is 16.6. The molecule has 1 aliphatic rings. The van der Waals surface area contributed by atoms with E-state index in [0.717, 1.165) is 15.6 Å². The summed E-state index contributed by atoms with van der Waals surface area (Å²) in [6.45, 7) is 1.31. The predicted molar refractivity (Wildman–Crippen MR) is 112 cm³/mol. The van der Waals surface area contributed by atoms with E-state index in [-0.39, 0.29) is 11.8 Å². The normalized spacial score (nSPS) is 14.8. The molecule has 2 N–H and O–H groups in total. The van der Waals surface area contributed by atoms with Crippen LogP contribution in [0.5, 0.6) is 0 Å². The summed E-state index contributed by atoms with van der Waals surface area (Å²) in [5.74, 6) is -1.26. The Hall–Kier alpha value is -2.71. The van der Waals surface area contributed by atoms with Crippen molar-refractivity contribution in [3.05, 3.63) is 52.9 Å². The number of aromatic nitrogens is 1. The number of thiazole rings is 1. The summed E-state index contributed by atoms with van der Waals surface area (Å²) in [6.07, 6.45) is 1.21. The second kappa shape index (κ2) is 8.12. The highest BCUT2D eigenvalue weighted by atomic mass is 32.1. The molecule has 1 aliphatic heterocycles. The van der Waals surface area contributed by atoms with Crippen LogP contribution in [-0.4, -0.2) is 35.1 Å². The van der Waals surface area contributed by atoms with E-state index in [4.69, 9.17) is 0 Å². The van der Waals surface area contributed by atoms with Crippen LogP contribution in [0.1, 0.15) is 23.3 Å². The van der Waals surface area contributed by atoms with E-state index in [9.17, 15) is 14.7 Å². The Morgan fingerprint density at radius 3 is 2.61 bits per heavy atom. The van der Waals surface area contributed by atoms with Crippen molar-refractivity contribution in [1.29, 1.82) is 0 Å². The highest BCUT2D eigenvalue weighted by Gasteiger charge is 2.26. The first kappa shape index (κ1) is 18.6. The van der Waals surface area contributed by atoms with Gasteiger partial charge < -0.3 is 15.3 Å².